The Bertz CT molecular complexity index is 1240. The lowest BCUT2D eigenvalue weighted by Crippen LogP contribution is -2.75. The van der Waals surface area contributed by atoms with Crippen molar-refractivity contribution < 1.29 is 17.9 Å². The van der Waals surface area contributed by atoms with Crippen molar-refractivity contribution in [2.45, 2.75) is 38.0 Å². The van der Waals surface area contributed by atoms with E-state index in [0.717, 1.165) is 61.5 Å². The highest BCUT2D eigenvalue weighted by atomic mass is 19.4. The van der Waals surface area contributed by atoms with Crippen LogP contribution < -0.4 is 10.2 Å². The molecule has 6 nitrogen and oxygen atoms in total. The van der Waals surface area contributed by atoms with Crippen molar-refractivity contribution in [2.24, 2.45) is 0 Å². The van der Waals surface area contributed by atoms with Gasteiger partial charge in [-0.2, -0.15) is 13.2 Å². The molecule has 9 heteroatoms. The topological polar surface area (TPSA) is 45.0 Å². The predicted octanol–water partition coefficient (Wildman–Crippen LogP) is 3.64. The summed E-state index contributed by atoms with van der Waals surface area (Å²) in [6, 6.07) is 8.57. The predicted molar refractivity (Wildman–Crippen MR) is 128 cm³/mol. The molecule has 1 spiro atoms. The van der Waals surface area contributed by atoms with E-state index in [4.69, 9.17) is 9.72 Å². The standard InChI is InChI=1S/C26H30F3N5O/c1-18-19(3-2-4-21(18)26(27,28)29)13-23-22(15-32-16-25(17-32)7-8-30-25)31-24-6-5-20(14-34(23)24)33-9-11-35-12-10-33/h2-6,14,30H,7-13,15-17H2,1H3. The molecule has 0 unspecified atom stereocenters. The fraction of sp³-hybridized carbons (Fsp3) is 0.500. The van der Waals surface area contributed by atoms with E-state index >= 15 is 0 Å². The molecule has 1 N–H and O–H groups in total. The zero-order valence-corrected chi connectivity index (χ0v) is 19.9. The second kappa shape index (κ2) is 8.50. The summed E-state index contributed by atoms with van der Waals surface area (Å²) in [5, 5.41) is 3.54. The van der Waals surface area contributed by atoms with Gasteiger partial charge < -0.3 is 19.4 Å². The Hall–Kier alpha value is -2.62. The van der Waals surface area contributed by atoms with E-state index in [-0.39, 0.29) is 11.1 Å². The molecule has 0 saturated carbocycles. The average molecular weight is 486 g/mol. The van der Waals surface area contributed by atoms with Gasteiger partial charge in [-0.05, 0) is 49.2 Å². The third kappa shape index (κ3) is 4.19. The lowest BCUT2D eigenvalue weighted by molar-refractivity contribution is -0.138. The molecule has 0 aliphatic carbocycles. The van der Waals surface area contributed by atoms with Gasteiger partial charge in [0.15, 0.2) is 0 Å². The number of nitrogens with zero attached hydrogens (tertiary/aromatic N) is 4. The van der Waals surface area contributed by atoms with Gasteiger partial charge in [0.25, 0.3) is 0 Å². The first kappa shape index (κ1) is 22.8. The monoisotopic (exact) mass is 485 g/mol. The summed E-state index contributed by atoms with van der Waals surface area (Å²) in [6.45, 7) is 8.34. The summed E-state index contributed by atoms with van der Waals surface area (Å²) < 4.78 is 48.3. The molecule has 2 aromatic heterocycles. The van der Waals surface area contributed by atoms with Crippen molar-refractivity contribution in [3.8, 4) is 0 Å². The highest BCUT2D eigenvalue weighted by Crippen LogP contribution is 2.35. The van der Waals surface area contributed by atoms with Crippen LogP contribution in [-0.4, -0.2) is 65.8 Å². The summed E-state index contributed by atoms with van der Waals surface area (Å²) in [6.07, 6.45) is -0.682. The molecule has 3 saturated heterocycles. The Morgan fingerprint density at radius 1 is 1.11 bits per heavy atom. The van der Waals surface area contributed by atoms with Crippen molar-refractivity contribution in [3.05, 3.63) is 64.6 Å². The third-order valence-corrected chi connectivity index (χ3v) is 7.80. The zero-order valence-electron chi connectivity index (χ0n) is 19.9. The number of alkyl halides is 3. The number of anilines is 1. The number of morpholine rings is 1. The molecule has 0 amide bonds. The Labute approximate surface area is 202 Å². The molecule has 0 radical (unpaired) electrons. The van der Waals surface area contributed by atoms with Crippen LogP contribution >= 0.6 is 0 Å². The minimum Gasteiger partial charge on any atom is -0.378 e. The maximum Gasteiger partial charge on any atom is 0.416 e. The first-order valence-electron chi connectivity index (χ1n) is 12.3. The Kier molecular flexibility index (Phi) is 5.54. The molecule has 3 aliphatic heterocycles. The summed E-state index contributed by atoms with van der Waals surface area (Å²) in [7, 11) is 0. The van der Waals surface area contributed by atoms with Gasteiger partial charge in [-0.25, -0.2) is 4.98 Å². The molecule has 3 aliphatic rings. The van der Waals surface area contributed by atoms with Crippen LogP contribution in [-0.2, 0) is 23.9 Å². The number of likely N-dealkylation sites (tertiary alicyclic amines) is 1. The van der Waals surface area contributed by atoms with Crippen molar-refractivity contribution >= 4 is 11.3 Å². The normalized spacial score (nSPS) is 20.3. The van der Waals surface area contributed by atoms with Crippen LogP contribution in [0.15, 0.2) is 36.5 Å². The minimum absolute atomic E-state index is 0.264. The molecule has 0 atom stereocenters. The van der Waals surface area contributed by atoms with Crippen LogP contribution in [0.4, 0.5) is 18.9 Å². The summed E-state index contributed by atoms with van der Waals surface area (Å²) in [5.74, 6) is 0. The second-order valence-corrected chi connectivity index (χ2v) is 10.1. The molecule has 6 rings (SSSR count). The maximum absolute atomic E-state index is 13.6. The quantitative estimate of drug-likeness (QED) is 0.598. The number of rotatable bonds is 5. The Balaban J connectivity index is 1.37. The number of hydrogen-bond acceptors (Lipinski definition) is 5. The summed E-state index contributed by atoms with van der Waals surface area (Å²) in [5.41, 5.74) is 4.46. The van der Waals surface area contributed by atoms with Gasteiger partial charge in [-0.15, -0.1) is 0 Å². The van der Waals surface area contributed by atoms with Gasteiger partial charge >= 0.3 is 6.18 Å². The van der Waals surface area contributed by atoms with Crippen LogP contribution in [0.25, 0.3) is 5.65 Å². The van der Waals surface area contributed by atoms with Gasteiger partial charge in [0.1, 0.15) is 5.65 Å². The van der Waals surface area contributed by atoms with E-state index in [1.807, 2.05) is 6.07 Å². The first-order valence-corrected chi connectivity index (χ1v) is 12.3. The number of ether oxygens (including phenoxy) is 1. The number of benzene rings is 1. The van der Waals surface area contributed by atoms with E-state index in [2.05, 4.69) is 31.8 Å². The smallest absolute Gasteiger partial charge is 0.378 e. The molecular formula is C26H30F3N5O. The van der Waals surface area contributed by atoms with Crippen LogP contribution in [0.2, 0.25) is 0 Å². The highest BCUT2D eigenvalue weighted by molar-refractivity contribution is 5.55. The van der Waals surface area contributed by atoms with Crippen LogP contribution in [0.3, 0.4) is 0 Å². The van der Waals surface area contributed by atoms with E-state index in [0.29, 0.717) is 31.7 Å². The van der Waals surface area contributed by atoms with Crippen molar-refractivity contribution in [2.75, 3.05) is 50.8 Å². The molecule has 1 aromatic carbocycles. The van der Waals surface area contributed by atoms with E-state index in [9.17, 15) is 13.2 Å². The third-order valence-electron chi connectivity index (χ3n) is 7.80. The number of aromatic nitrogens is 2. The summed E-state index contributed by atoms with van der Waals surface area (Å²) in [4.78, 5) is 9.60. The van der Waals surface area contributed by atoms with Crippen molar-refractivity contribution in [3.63, 3.8) is 0 Å². The molecule has 3 aromatic rings. The van der Waals surface area contributed by atoms with E-state index in [1.54, 1.807) is 13.0 Å². The van der Waals surface area contributed by atoms with Crippen LogP contribution in [0.5, 0.6) is 0 Å². The molecule has 3 fully saturated rings. The maximum atomic E-state index is 13.6. The van der Waals surface area contributed by atoms with Gasteiger partial charge in [-0.1, -0.05) is 12.1 Å². The van der Waals surface area contributed by atoms with Gasteiger partial charge in [-0.3, -0.25) is 4.90 Å². The fourth-order valence-electron chi connectivity index (χ4n) is 5.70. The molecule has 5 heterocycles. The van der Waals surface area contributed by atoms with Crippen molar-refractivity contribution in [1.82, 2.24) is 19.6 Å². The fourth-order valence-corrected chi connectivity index (χ4v) is 5.70. The molecule has 186 valence electrons. The van der Waals surface area contributed by atoms with Gasteiger partial charge in [0.2, 0.25) is 0 Å². The number of fused-ring (bicyclic) bond motifs is 1. The molecule has 35 heavy (non-hydrogen) atoms. The molecular weight excluding hydrogens is 455 g/mol. The first-order chi connectivity index (χ1) is 16.8. The van der Waals surface area contributed by atoms with E-state index < -0.39 is 11.7 Å². The van der Waals surface area contributed by atoms with E-state index in [1.165, 1.54) is 12.5 Å². The number of halogens is 3. The molecule has 0 bridgehead atoms. The Morgan fingerprint density at radius 2 is 1.89 bits per heavy atom. The number of imidazole rings is 1. The number of hydrogen-bond donors (Lipinski definition) is 1. The number of pyridine rings is 1. The SMILES string of the molecule is Cc1c(Cc2c(CN3CC4(CCN4)C3)nc3ccc(N4CCOCC4)cn23)cccc1C(F)(F)F. The average Bonchev–Trinajstić information content (AvgIpc) is 3.12. The lowest BCUT2D eigenvalue weighted by Gasteiger charge is -2.56. The largest absolute Gasteiger partial charge is 0.416 e. The lowest BCUT2D eigenvalue weighted by atomic mass is 9.80. The Morgan fingerprint density at radius 3 is 2.57 bits per heavy atom. The van der Waals surface area contributed by atoms with Crippen molar-refractivity contribution in [1.29, 1.82) is 0 Å². The van der Waals surface area contributed by atoms with Crippen LogP contribution in [0, 0.1) is 6.92 Å². The summed E-state index contributed by atoms with van der Waals surface area (Å²) >= 11 is 0. The second-order valence-electron chi connectivity index (χ2n) is 10.1. The van der Waals surface area contributed by atoms with Crippen LogP contribution in [0.1, 0.15) is 34.5 Å². The minimum atomic E-state index is -4.37. The van der Waals surface area contributed by atoms with Gasteiger partial charge in [0.05, 0.1) is 35.9 Å². The van der Waals surface area contributed by atoms with Gasteiger partial charge in [0, 0.05) is 50.9 Å². The number of nitrogens with one attached hydrogen (secondary N) is 1. The zero-order chi connectivity index (χ0) is 24.2. The highest BCUT2D eigenvalue weighted by Gasteiger charge is 2.47.